The molecule has 0 aliphatic rings. The minimum absolute atomic E-state index is 0.0293. The van der Waals surface area contributed by atoms with Crippen LogP contribution in [0.15, 0.2) is 107 Å². The quantitative estimate of drug-likeness (QED) is 0.0574. The molecule has 4 aromatic carbocycles. The molecule has 0 saturated carbocycles. The Labute approximate surface area is 300 Å². The van der Waals surface area contributed by atoms with E-state index in [1.54, 1.807) is 78.9 Å². The Morgan fingerprint density at radius 3 is 1.94 bits per heavy atom. The molecule has 254 valence electrons. The van der Waals surface area contributed by atoms with Crippen molar-refractivity contribution >= 4 is 35.0 Å². The number of ether oxygens (including phenoxy) is 1. The highest BCUT2D eigenvalue weighted by Crippen LogP contribution is 2.47. The van der Waals surface area contributed by atoms with Crippen molar-refractivity contribution in [2.45, 2.75) is 42.5 Å². The SMILES string of the molecule is CCCCCc1ccc(-c2cc(Sc3ccc(Cl)cc3)nc(-c3cccnc3Oc3ccc(Cl)cc3)c2-c2c(F)c(F)c(F)c(F)c2F)cc1. The van der Waals surface area contributed by atoms with Gasteiger partial charge in [0.25, 0.3) is 0 Å². The summed E-state index contributed by atoms with van der Waals surface area (Å²) in [7, 11) is 0. The summed E-state index contributed by atoms with van der Waals surface area (Å²) < 4.78 is 82.0. The highest BCUT2D eigenvalue weighted by molar-refractivity contribution is 7.99. The van der Waals surface area contributed by atoms with Crippen LogP contribution in [0.4, 0.5) is 22.0 Å². The first-order valence-electron chi connectivity index (χ1n) is 15.6. The van der Waals surface area contributed by atoms with Gasteiger partial charge in [0, 0.05) is 26.7 Å². The lowest BCUT2D eigenvalue weighted by molar-refractivity contribution is 0.381. The number of benzene rings is 4. The summed E-state index contributed by atoms with van der Waals surface area (Å²) in [5, 5.41) is 1.34. The van der Waals surface area contributed by atoms with E-state index in [2.05, 4.69) is 11.9 Å². The van der Waals surface area contributed by atoms with E-state index in [4.69, 9.17) is 32.9 Å². The summed E-state index contributed by atoms with van der Waals surface area (Å²) in [6, 6.07) is 25.3. The number of unbranched alkanes of at least 4 members (excludes halogenated alkanes) is 2. The first kappa shape index (κ1) is 35.4. The van der Waals surface area contributed by atoms with Gasteiger partial charge in [-0.1, -0.05) is 79.0 Å². The zero-order valence-corrected chi connectivity index (χ0v) is 28.8. The van der Waals surface area contributed by atoms with Crippen LogP contribution in [0, 0.1) is 29.1 Å². The number of halogens is 7. The summed E-state index contributed by atoms with van der Waals surface area (Å²) >= 11 is 13.4. The van der Waals surface area contributed by atoms with Gasteiger partial charge in [-0.25, -0.2) is 31.9 Å². The maximum atomic E-state index is 15.9. The van der Waals surface area contributed by atoms with Crippen molar-refractivity contribution in [3.63, 3.8) is 0 Å². The van der Waals surface area contributed by atoms with Gasteiger partial charge in [-0.2, -0.15) is 0 Å². The number of hydrogen-bond donors (Lipinski definition) is 0. The van der Waals surface area contributed by atoms with Gasteiger partial charge in [0.15, 0.2) is 23.3 Å². The molecule has 0 aliphatic carbocycles. The van der Waals surface area contributed by atoms with Crippen LogP contribution in [-0.2, 0) is 6.42 Å². The molecule has 0 radical (unpaired) electrons. The van der Waals surface area contributed by atoms with Crippen molar-refractivity contribution < 1.29 is 26.7 Å². The van der Waals surface area contributed by atoms with Crippen molar-refractivity contribution in [1.29, 1.82) is 0 Å². The zero-order chi connectivity index (χ0) is 35.4. The second-order valence-corrected chi connectivity index (χ2v) is 13.3. The van der Waals surface area contributed by atoms with E-state index < -0.39 is 34.6 Å². The Kier molecular flexibility index (Phi) is 11.1. The lowest BCUT2D eigenvalue weighted by Gasteiger charge is -2.20. The van der Waals surface area contributed by atoms with Crippen LogP contribution in [0.3, 0.4) is 0 Å². The van der Waals surface area contributed by atoms with Crippen LogP contribution in [0.2, 0.25) is 10.0 Å². The molecule has 0 fully saturated rings. The van der Waals surface area contributed by atoms with E-state index in [1.807, 2.05) is 12.1 Å². The lowest BCUT2D eigenvalue weighted by Crippen LogP contribution is -2.07. The van der Waals surface area contributed by atoms with Crippen molar-refractivity contribution in [3.05, 3.63) is 142 Å². The predicted molar refractivity (Wildman–Crippen MR) is 188 cm³/mol. The minimum Gasteiger partial charge on any atom is -0.438 e. The van der Waals surface area contributed by atoms with Crippen LogP contribution in [0.1, 0.15) is 31.7 Å². The van der Waals surface area contributed by atoms with Crippen LogP contribution in [-0.4, -0.2) is 9.97 Å². The second kappa shape index (κ2) is 15.6. The zero-order valence-electron chi connectivity index (χ0n) is 26.4. The minimum atomic E-state index is -2.26. The molecule has 0 spiro atoms. The number of rotatable bonds is 11. The molecule has 3 nitrogen and oxygen atoms in total. The fourth-order valence-corrected chi connectivity index (χ4v) is 6.47. The second-order valence-electron chi connectivity index (χ2n) is 11.3. The average Bonchev–Trinajstić information content (AvgIpc) is 3.13. The number of nitrogens with zero attached hydrogens (tertiary/aromatic N) is 2. The Morgan fingerprint density at radius 1 is 0.680 bits per heavy atom. The van der Waals surface area contributed by atoms with Crippen molar-refractivity contribution in [1.82, 2.24) is 9.97 Å². The molecule has 0 atom stereocenters. The molecule has 2 heterocycles. The van der Waals surface area contributed by atoms with Gasteiger partial charge in [-0.15, -0.1) is 0 Å². The van der Waals surface area contributed by atoms with Gasteiger partial charge in [0.2, 0.25) is 11.7 Å². The van der Waals surface area contributed by atoms with Gasteiger partial charge in [0.05, 0.1) is 16.8 Å². The van der Waals surface area contributed by atoms with E-state index in [1.165, 1.54) is 18.0 Å². The normalized spacial score (nSPS) is 11.2. The van der Waals surface area contributed by atoms with E-state index >= 15 is 8.78 Å². The molecule has 0 aliphatic heterocycles. The third-order valence-electron chi connectivity index (χ3n) is 7.88. The number of aromatic nitrogens is 2. The Balaban J connectivity index is 1.65. The summed E-state index contributed by atoms with van der Waals surface area (Å²) in [6.45, 7) is 2.11. The molecule has 0 amide bonds. The van der Waals surface area contributed by atoms with Crippen molar-refractivity contribution in [2.75, 3.05) is 0 Å². The van der Waals surface area contributed by atoms with Crippen LogP contribution < -0.4 is 4.74 Å². The largest absolute Gasteiger partial charge is 0.438 e. The molecule has 0 N–H and O–H groups in total. The van der Waals surface area contributed by atoms with Crippen LogP contribution >= 0.6 is 35.0 Å². The Bertz CT molecular complexity index is 2120. The average molecular weight is 738 g/mol. The molecule has 50 heavy (non-hydrogen) atoms. The first-order chi connectivity index (χ1) is 24.1. The van der Waals surface area contributed by atoms with E-state index in [-0.39, 0.29) is 28.3 Å². The van der Waals surface area contributed by atoms with Crippen LogP contribution in [0.5, 0.6) is 11.6 Å². The van der Waals surface area contributed by atoms with Gasteiger partial charge in [-0.3, -0.25) is 0 Å². The van der Waals surface area contributed by atoms with Gasteiger partial charge in [0.1, 0.15) is 10.8 Å². The monoisotopic (exact) mass is 736 g/mol. The molecule has 0 saturated heterocycles. The maximum Gasteiger partial charge on any atom is 0.228 e. The maximum absolute atomic E-state index is 15.9. The van der Waals surface area contributed by atoms with E-state index in [9.17, 15) is 13.2 Å². The third kappa shape index (κ3) is 7.65. The molecule has 0 bridgehead atoms. The summed E-state index contributed by atoms with van der Waals surface area (Å²) in [5.41, 5.74) is 0.241. The highest BCUT2D eigenvalue weighted by Gasteiger charge is 2.32. The summed E-state index contributed by atoms with van der Waals surface area (Å²) in [6.07, 6.45) is 5.34. The molecule has 0 unspecified atom stereocenters. The molecule has 6 aromatic rings. The van der Waals surface area contributed by atoms with E-state index in [0.29, 0.717) is 26.4 Å². The summed E-state index contributed by atoms with van der Waals surface area (Å²) in [5.74, 6) is -10.1. The molecular weight excluding hydrogens is 710 g/mol. The smallest absolute Gasteiger partial charge is 0.228 e. The van der Waals surface area contributed by atoms with Crippen molar-refractivity contribution in [2.24, 2.45) is 0 Å². The topological polar surface area (TPSA) is 35.0 Å². The molecule has 11 heteroatoms. The van der Waals surface area contributed by atoms with Gasteiger partial charge >= 0.3 is 0 Å². The molecular formula is C39H27Cl2F5N2OS. The van der Waals surface area contributed by atoms with Gasteiger partial charge < -0.3 is 4.74 Å². The number of aryl methyl sites for hydroxylation is 1. The number of hydrogen-bond acceptors (Lipinski definition) is 4. The van der Waals surface area contributed by atoms with Crippen molar-refractivity contribution in [3.8, 4) is 45.1 Å². The Morgan fingerprint density at radius 2 is 1.30 bits per heavy atom. The fourth-order valence-electron chi connectivity index (χ4n) is 5.39. The van der Waals surface area contributed by atoms with Crippen LogP contribution in [0.25, 0.3) is 33.5 Å². The summed E-state index contributed by atoms with van der Waals surface area (Å²) in [4.78, 5) is 9.88. The number of pyridine rings is 2. The first-order valence-corrected chi connectivity index (χ1v) is 17.2. The standard InChI is InChI=1S/C39H27Cl2F5N2OS/c1-2-3-4-6-22-8-10-23(11-9-22)29-21-30(50-27-18-14-25(41)15-19-27)48-38(31(29)32-33(42)35(44)37(46)36(45)34(32)43)28-7-5-20-47-39(28)49-26-16-12-24(40)13-17-26/h5,7-21H,2-4,6H2,1H3. The predicted octanol–water partition coefficient (Wildman–Crippen LogP) is 13.2. The Hall–Kier alpha value is -4.44. The van der Waals surface area contributed by atoms with E-state index in [0.717, 1.165) is 36.1 Å². The molecule has 6 rings (SSSR count). The lowest BCUT2D eigenvalue weighted by atomic mass is 9.90. The highest BCUT2D eigenvalue weighted by atomic mass is 35.5. The fraction of sp³-hybridized carbons (Fsp3) is 0.128. The molecule has 2 aromatic heterocycles. The third-order valence-corrected chi connectivity index (χ3v) is 9.31. The van der Waals surface area contributed by atoms with Gasteiger partial charge in [-0.05, 0) is 96.3 Å².